The number of hydrogen-bond acceptors (Lipinski definition) is 5. The second-order valence-corrected chi connectivity index (χ2v) is 5.51. The fourth-order valence-corrected chi connectivity index (χ4v) is 2.35. The second-order valence-electron chi connectivity index (χ2n) is 5.10. The molecule has 0 saturated carbocycles. The Morgan fingerprint density at radius 2 is 2.13 bits per heavy atom. The molecule has 9 nitrogen and oxygen atoms in total. The first-order chi connectivity index (χ1) is 10.8. The molecule has 1 amide bonds. The van der Waals surface area contributed by atoms with Crippen molar-refractivity contribution in [1.82, 2.24) is 24.5 Å². The number of halogens is 1. The SMILES string of the molecule is CCn1cc(Cl)c(CN(C)C(=O)c2nn(C)c(C)c2[N+](=O)[O-])n1. The first kappa shape index (κ1) is 16.9. The Balaban J connectivity index is 2.28. The summed E-state index contributed by atoms with van der Waals surface area (Å²) in [6, 6.07) is 0. The van der Waals surface area contributed by atoms with Crippen LogP contribution in [0.2, 0.25) is 5.02 Å². The molecule has 0 unspecified atom stereocenters. The van der Waals surface area contributed by atoms with E-state index in [0.29, 0.717) is 23.0 Å². The molecule has 23 heavy (non-hydrogen) atoms. The minimum atomic E-state index is -0.595. The van der Waals surface area contributed by atoms with Gasteiger partial charge in [0.2, 0.25) is 5.69 Å². The lowest BCUT2D eigenvalue weighted by Gasteiger charge is -2.14. The molecule has 0 aliphatic rings. The van der Waals surface area contributed by atoms with E-state index in [2.05, 4.69) is 10.2 Å². The lowest BCUT2D eigenvalue weighted by atomic mass is 10.2. The molecule has 0 aliphatic carbocycles. The molecule has 2 aromatic heterocycles. The van der Waals surface area contributed by atoms with Gasteiger partial charge in [0.25, 0.3) is 5.91 Å². The summed E-state index contributed by atoms with van der Waals surface area (Å²) in [6.45, 7) is 4.25. The van der Waals surface area contributed by atoms with Crippen molar-refractivity contribution in [2.45, 2.75) is 26.9 Å². The molecule has 0 bridgehead atoms. The Labute approximate surface area is 137 Å². The van der Waals surface area contributed by atoms with Crippen molar-refractivity contribution in [2.24, 2.45) is 7.05 Å². The zero-order chi connectivity index (χ0) is 17.3. The van der Waals surface area contributed by atoms with Crippen LogP contribution in [0.4, 0.5) is 5.69 Å². The highest BCUT2D eigenvalue weighted by Crippen LogP contribution is 2.24. The number of rotatable bonds is 5. The smallest absolute Gasteiger partial charge is 0.322 e. The zero-order valence-electron chi connectivity index (χ0n) is 13.3. The average molecular weight is 341 g/mol. The van der Waals surface area contributed by atoms with Gasteiger partial charge in [-0.05, 0) is 13.8 Å². The third-order valence-electron chi connectivity index (χ3n) is 3.53. The molecule has 124 valence electrons. The van der Waals surface area contributed by atoms with Gasteiger partial charge in [-0.25, -0.2) is 0 Å². The molecular weight excluding hydrogens is 324 g/mol. The van der Waals surface area contributed by atoms with E-state index in [1.807, 2.05) is 6.92 Å². The minimum Gasteiger partial charge on any atom is -0.334 e. The Hall–Kier alpha value is -2.42. The highest BCUT2D eigenvalue weighted by Gasteiger charge is 2.31. The summed E-state index contributed by atoms with van der Waals surface area (Å²) in [7, 11) is 3.08. The third-order valence-corrected chi connectivity index (χ3v) is 3.85. The molecule has 0 spiro atoms. The van der Waals surface area contributed by atoms with E-state index >= 15 is 0 Å². The Morgan fingerprint density at radius 3 is 2.65 bits per heavy atom. The molecule has 0 fully saturated rings. The third kappa shape index (κ3) is 3.19. The standard InChI is InChI=1S/C13H17ClN6O3/c1-5-19-6-9(14)10(15-19)7-17(3)13(21)11-12(20(22)23)8(2)18(4)16-11/h6H,5,7H2,1-4H3. The number of carbonyl (C=O) groups is 1. The predicted molar refractivity (Wildman–Crippen MR) is 83.3 cm³/mol. The van der Waals surface area contributed by atoms with Crippen molar-refractivity contribution in [3.63, 3.8) is 0 Å². The fourth-order valence-electron chi connectivity index (χ4n) is 2.14. The summed E-state index contributed by atoms with van der Waals surface area (Å²) >= 11 is 6.08. The molecule has 2 heterocycles. The first-order valence-corrected chi connectivity index (χ1v) is 7.29. The van der Waals surface area contributed by atoms with Gasteiger partial charge in [-0.1, -0.05) is 11.6 Å². The minimum absolute atomic E-state index is 0.136. The molecule has 0 N–H and O–H groups in total. The van der Waals surface area contributed by atoms with E-state index in [1.165, 1.54) is 16.6 Å². The summed E-state index contributed by atoms with van der Waals surface area (Å²) in [5, 5.41) is 19.8. The number of aromatic nitrogens is 4. The van der Waals surface area contributed by atoms with Gasteiger partial charge in [-0.2, -0.15) is 10.2 Å². The van der Waals surface area contributed by atoms with E-state index in [4.69, 9.17) is 11.6 Å². The maximum Gasteiger partial charge on any atom is 0.322 e. The van der Waals surface area contributed by atoms with Crippen LogP contribution < -0.4 is 0 Å². The summed E-state index contributed by atoms with van der Waals surface area (Å²) in [4.78, 5) is 24.4. The fraction of sp³-hybridized carbons (Fsp3) is 0.462. The summed E-state index contributed by atoms with van der Waals surface area (Å²) in [5.41, 5.74) is 0.373. The van der Waals surface area contributed by atoms with Crippen LogP contribution >= 0.6 is 11.6 Å². The molecule has 2 aromatic rings. The highest BCUT2D eigenvalue weighted by atomic mass is 35.5. The largest absolute Gasteiger partial charge is 0.334 e. The lowest BCUT2D eigenvalue weighted by molar-refractivity contribution is -0.385. The van der Waals surface area contributed by atoms with E-state index in [-0.39, 0.29) is 17.9 Å². The van der Waals surface area contributed by atoms with Crippen molar-refractivity contribution in [3.8, 4) is 0 Å². The van der Waals surface area contributed by atoms with Crippen LogP contribution in [0.3, 0.4) is 0 Å². The first-order valence-electron chi connectivity index (χ1n) is 6.91. The maximum atomic E-state index is 12.5. The molecule has 0 saturated heterocycles. The van der Waals surface area contributed by atoms with Crippen molar-refractivity contribution >= 4 is 23.2 Å². The summed E-state index contributed by atoms with van der Waals surface area (Å²) < 4.78 is 2.97. The van der Waals surface area contributed by atoms with Crippen molar-refractivity contribution in [3.05, 3.63) is 38.4 Å². The Kier molecular flexibility index (Phi) is 4.69. The Bertz CT molecular complexity index is 766. The van der Waals surface area contributed by atoms with Crippen LogP contribution in [0, 0.1) is 17.0 Å². The number of amides is 1. The van der Waals surface area contributed by atoms with E-state index < -0.39 is 10.8 Å². The van der Waals surface area contributed by atoms with Crippen LogP contribution in [0.15, 0.2) is 6.20 Å². The van der Waals surface area contributed by atoms with Crippen LogP contribution in [-0.2, 0) is 20.1 Å². The predicted octanol–water partition coefficient (Wildman–Crippen LogP) is 1.78. The van der Waals surface area contributed by atoms with E-state index in [1.54, 1.807) is 24.9 Å². The van der Waals surface area contributed by atoms with Crippen LogP contribution in [0.25, 0.3) is 0 Å². The highest BCUT2D eigenvalue weighted by molar-refractivity contribution is 6.31. The van der Waals surface area contributed by atoms with Gasteiger partial charge >= 0.3 is 5.69 Å². The number of nitrogens with zero attached hydrogens (tertiary/aromatic N) is 6. The van der Waals surface area contributed by atoms with Gasteiger partial charge in [-0.3, -0.25) is 24.3 Å². The van der Waals surface area contributed by atoms with Gasteiger partial charge in [0.15, 0.2) is 0 Å². The van der Waals surface area contributed by atoms with Gasteiger partial charge in [0.1, 0.15) is 11.4 Å². The normalized spacial score (nSPS) is 10.8. The van der Waals surface area contributed by atoms with Crippen LogP contribution in [0.5, 0.6) is 0 Å². The topological polar surface area (TPSA) is 99.1 Å². The quantitative estimate of drug-likeness (QED) is 0.610. The van der Waals surface area contributed by atoms with Gasteiger partial charge in [-0.15, -0.1) is 0 Å². The molecule has 0 aliphatic heterocycles. The van der Waals surface area contributed by atoms with Gasteiger partial charge in [0.05, 0.1) is 16.5 Å². The van der Waals surface area contributed by atoms with Crippen molar-refractivity contribution in [1.29, 1.82) is 0 Å². The summed E-state index contributed by atoms with van der Waals surface area (Å²) in [6.07, 6.45) is 1.67. The van der Waals surface area contributed by atoms with E-state index in [0.717, 1.165) is 0 Å². The molecule has 0 aromatic carbocycles. The maximum absolute atomic E-state index is 12.5. The molecular formula is C13H17ClN6O3. The molecule has 2 rings (SSSR count). The summed E-state index contributed by atoms with van der Waals surface area (Å²) in [5.74, 6) is -0.553. The Morgan fingerprint density at radius 1 is 1.48 bits per heavy atom. The number of nitro groups is 1. The lowest BCUT2D eigenvalue weighted by Crippen LogP contribution is -2.27. The monoisotopic (exact) mass is 340 g/mol. The van der Waals surface area contributed by atoms with Crippen LogP contribution in [-0.4, -0.2) is 42.3 Å². The number of aryl methyl sites for hydroxylation is 2. The molecule has 10 heteroatoms. The second kappa shape index (κ2) is 6.37. The number of carbonyl (C=O) groups excluding carboxylic acids is 1. The molecule has 0 atom stereocenters. The number of hydrogen-bond donors (Lipinski definition) is 0. The van der Waals surface area contributed by atoms with Crippen LogP contribution in [0.1, 0.15) is 28.8 Å². The van der Waals surface area contributed by atoms with Crippen molar-refractivity contribution in [2.75, 3.05) is 7.05 Å². The zero-order valence-corrected chi connectivity index (χ0v) is 14.0. The average Bonchev–Trinajstić information content (AvgIpc) is 2.99. The van der Waals surface area contributed by atoms with Gasteiger partial charge < -0.3 is 4.90 Å². The van der Waals surface area contributed by atoms with E-state index in [9.17, 15) is 14.9 Å². The van der Waals surface area contributed by atoms with Gasteiger partial charge in [0, 0.05) is 26.8 Å². The molecule has 0 radical (unpaired) electrons. The van der Waals surface area contributed by atoms with Crippen molar-refractivity contribution < 1.29 is 9.72 Å².